The summed E-state index contributed by atoms with van der Waals surface area (Å²) in [5, 5.41) is -0.167. The second kappa shape index (κ2) is 5.34. The lowest BCUT2D eigenvalue weighted by Gasteiger charge is -2.47. The molecular weight excluding hydrogens is 276 g/mol. The summed E-state index contributed by atoms with van der Waals surface area (Å²) in [7, 11) is 1.29. The van der Waals surface area contributed by atoms with E-state index in [2.05, 4.69) is 0 Å². The maximum absolute atomic E-state index is 11.8. The summed E-state index contributed by atoms with van der Waals surface area (Å²) in [6.07, 6.45) is 3.48. The number of hydrogen-bond acceptors (Lipinski definition) is 5. The van der Waals surface area contributed by atoms with Gasteiger partial charge in [-0.3, -0.25) is 9.69 Å². The zero-order valence-electron chi connectivity index (χ0n) is 9.76. The SMILES string of the molecule is COC(=O)C1=C(C=CCCl)CSC2C(N)C(=O)N12. The zero-order valence-corrected chi connectivity index (χ0v) is 11.3. The fourth-order valence-electron chi connectivity index (χ4n) is 1.94. The molecule has 0 bridgehead atoms. The largest absolute Gasteiger partial charge is 0.464 e. The number of alkyl halides is 1. The van der Waals surface area contributed by atoms with Crippen LogP contribution in [0.25, 0.3) is 0 Å². The van der Waals surface area contributed by atoms with Crippen LogP contribution in [-0.4, -0.2) is 46.9 Å². The second-order valence-corrected chi connectivity index (χ2v) is 5.27. The number of hydrogen-bond donors (Lipinski definition) is 1. The van der Waals surface area contributed by atoms with E-state index in [0.717, 1.165) is 5.57 Å². The molecule has 0 radical (unpaired) electrons. The monoisotopic (exact) mass is 288 g/mol. The van der Waals surface area contributed by atoms with Crippen molar-refractivity contribution >= 4 is 35.2 Å². The van der Waals surface area contributed by atoms with Crippen LogP contribution >= 0.6 is 23.4 Å². The van der Waals surface area contributed by atoms with Gasteiger partial charge in [-0.05, 0) is 5.57 Å². The van der Waals surface area contributed by atoms with Crippen molar-refractivity contribution in [2.45, 2.75) is 11.4 Å². The van der Waals surface area contributed by atoms with E-state index in [1.165, 1.54) is 23.8 Å². The molecule has 0 saturated carbocycles. The van der Waals surface area contributed by atoms with Crippen molar-refractivity contribution in [2.75, 3.05) is 18.7 Å². The van der Waals surface area contributed by atoms with Gasteiger partial charge in [-0.2, -0.15) is 0 Å². The van der Waals surface area contributed by atoms with Gasteiger partial charge in [0.2, 0.25) is 5.91 Å². The highest BCUT2D eigenvalue weighted by Crippen LogP contribution is 2.39. The molecule has 1 fully saturated rings. The molecule has 0 aromatic heterocycles. The molecule has 18 heavy (non-hydrogen) atoms. The van der Waals surface area contributed by atoms with Crippen molar-refractivity contribution in [3.05, 3.63) is 23.4 Å². The fraction of sp³-hybridized carbons (Fsp3) is 0.455. The van der Waals surface area contributed by atoms with Crippen molar-refractivity contribution in [3.63, 3.8) is 0 Å². The summed E-state index contributed by atoms with van der Waals surface area (Å²) in [4.78, 5) is 24.9. The highest BCUT2D eigenvalue weighted by atomic mass is 35.5. The van der Waals surface area contributed by atoms with Crippen LogP contribution in [0.2, 0.25) is 0 Å². The predicted molar refractivity (Wildman–Crippen MR) is 70.0 cm³/mol. The lowest BCUT2D eigenvalue weighted by Crippen LogP contribution is -2.68. The third-order valence-corrected chi connectivity index (χ3v) is 4.33. The van der Waals surface area contributed by atoms with Crippen LogP contribution < -0.4 is 5.73 Å². The molecule has 0 aromatic carbocycles. The number of ether oxygens (including phenoxy) is 1. The molecule has 7 heteroatoms. The Balaban J connectivity index is 2.37. The van der Waals surface area contributed by atoms with Gasteiger partial charge in [0.15, 0.2) is 0 Å². The van der Waals surface area contributed by atoms with E-state index >= 15 is 0 Å². The molecule has 0 aliphatic carbocycles. The fourth-order valence-corrected chi connectivity index (χ4v) is 3.29. The number of nitrogens with zero attached hydrogens (tertiary/aromatic N) is 1. The Hall–Kier alpha value is -0.980. The number of thioether (sulfide) groups is 1. The summed E-state index contributed by atoms with van der Waals surface area (Å²) >= 11 is 7.11. The molecule has 2 heterocycles. The molecule has 5 nitrogen and oxygen atoms in total. The van der Waals surface area contributed by atoms with Crippen LogP contribution in [0, 0.1) is 0 Å². The Morgan fingerprint density at radius 2 is 2.44 bits per heavy atom. The number of nitrogens with two attached hydrogens (primary N) is 1. The summed E-state index contributed by atoms with van der Waals surface area (Å²) in [5.74, 6) is 0.193. The average molecular weight is 289 g/mol. The quantitative estimate of drug-likeness (QED) is 0.464. The number of rotatable bonds is 3. The molecule has 0 spiro atoms. The Morgan fingerprint density at radius 1 is 1.72 bits per heavy atom. The van der Waals surface area contributed by atoms with Crippen LogP contribution in [-0.2, 0) is 14.3 Å². The summed E-state index contributed by atoms with van der Waals surface area (Å²) in [6.45, 7) is 0. The molecular formula is C11H13ClN2O3S. The Kier molecular flexibility index (Phi) is 3.99. The molecule has 1 amide bonds. The summed E-state index contributed by atoms with van der Waals surface area (Å²) in [5.41, 5.74) is 6.73. The predicted octanol–water partition coefficient (Wildman–Crippen LogP) is 0.451. The molecule has 2 aliphatic heterocycles. The molecule has 2 N–H and O–H groups in total. The lowest BCUT2D eigenvalue weighted by molar-refractivity contribution is -0.149. The van der Waals surface area contributed by atoms with E-state index in [4.69, 9.17) is 22.1 Å². The highest BCUT2D eigenvalue weighted by molar-refractivity contribution is 8.00. The van der Waals surface area contributed by atoms with Gasteiger partial charge in [0.25, 0.3) is 0 Å². The number of methoxy groups -OCH3 is 1. The van der Waals surface area contributed by atoms with Gasteiger partial charge in [-0.15, -0.1) is 23.4 Å². The van der Waals surface area contributed by atoms with Crippen LogP contribution in [0.3, 0.4) is 0 Å². The van der Waals surface area contributed by atoms with Crippen molar-refractivity contribution < 1.29 is 14.3 Å². The minimum Gasteiger partial charge on any atom is -0.464 e. The van der Waals surface area contributed by atoms with E-state index in [-0.39, 0.29) is 17.0 Å². The van der Waals surface area contributed by atoms with Crippen LogP contribution in [0.1, 0.15) is 0 Å². The molecule has 2 rings (SSSR count). The standard InChI is InChI=1S/C11H13ClN2O3S/c1-17-11(16)8-6(3-2-4-12)5-18-10-7(13)9(15)14(8)10/h2-3,7,10H,4-5,13H2,1H3. The number of carbonyl (C=O) groups excluding carboxylic acids is 2. The van der Waals surface area contributed by atoms with Crippen molar-refractivity contribution in [3.8, 4) is 0 Å². The van der Waals surface area contributed by atoms with E-state index < -0.39 is 12.0 Å². The number of allylic oxidation sites excluding steroid dienone is 2. The molecule has 0 aromatic rings. The Labute approximate surface area is 114 Å². The maximum Gasteiger partial charge on any atom is 0.355 e. The van der Waals surface area contributed by atoms with Crippen molar-refractivity contribution in [1.29, 1.82) is 0 Å². The van der Waals surface area contributed by atoms with Crippen molar-refractivity contribution in [2.24, 2.45) is 5.73 Å². The molecule has 1 saturated heterocycles. The van der Waals surface area contributed by atoms with E-state index in [1.54, 1.807) is 12.2 Å². The zero-order chi connectivity index (χ0) is 13.3. The number of esters is 1. The second-order valence-electron chi connectivity index (χ2n) is 3.86. The van der Waals surface area contributed by atoms with Gasteiger partial charge < -0.3 is 10.5 Å². The number of fused-ring (bicyclic) bond motifs is 1. The van der Waals surface area contributed by atoms with Crippen LogP contribution in [0.15, 0.2) is 23.4 Å². The molecule has 2 aliphatic rings. The smallest absolute Gasteiger partial charge is 0.355 e. The first kappa shape index (κ1) is 13.5. The topological polar surface area (TPSA) is 72.6 Å². The third kappa shape index (κ3) is 2.04. The van der Waals surface area contributed by atoms with Crippen LogP contribution in [0.5, 0.6) is 0 Å². The molecule has 2 unspecified atom stereocenters. The average Bonchev–Trinajstić information content (AvgIpc) is 2.42. The van der Waals surface area contributed by atoms with E-state index in [0.29, 0.717) is 11.6 Å². The van der Waals surface area contributed by atoms with Gasteiger partial charge in [0, 0.05) is 11.6 Å². The maximum atomic E-state index is 11.8. The first-order valence-corrected chi connectivity index (χ1v) is 6.94. The van der Waals surface area contributed by atoms with Crippen LogP contribution in [0.4, 0.5) is 0 Å². The molecule has 2 atom stereocenters. The number of amides is 1. The van der Waals surface area contributed by atoms with E-state index in [1.807, 2.05) is 0 Å². The Bertz CT molecular complexity index is 450. The van der Waals surface area contributed by atoms with Gasteiger partial charge in [0.05, 0.1) is 7.11 Å². The highest BCUT2D eigenvalue weighted by Gasteiger charge is 2.51. The Morgan fingerprint density at radius 3 is 3.06 bits per heavy atom. The lowest BCUT2D eigenvalue weighted by atomic mass is 10.0. The van der Waals surface area contributed by atoms with E-state index in [9.17, 15) is 9.59 Å². The molecule has 98 valence electrons. The van der Waals surface area contributed by atoms with Gasteiger partial charge in [-0.25, -0.2) is 4.79 Å². The number of carbonyl (C=O) groups is 2. The number of halogens is 1. The first-order valence-electron chi connectivity index (χ1n) is 5.36. The van der Waals surface area contributed by atoms with Gasteiger partial charge >= 0.3 is 5.97 Å². The third-order valence-electron chi connectivity index (χ3n) is 2.83. The first-order chi connectivity index (χ1) is 8.61. The summed E-state index contributed by atoms with van der Waals surface area (Å²) < 4.78 is 4.73. The van der Waals surface area contributed by atoms with Gasteiger partial charge in [0.1, 0.15) is 17.1 Å². The summed E-state index contributed by atoms with van der Waals surface area (Å²) in [6, 6.07) is -0.534. The normalized spacial score (nSPS) is 27.3. The van der Waals surface area contributed by atoms with Gasteiger partial charge in [-0.1, -0.05) is 12.2 Å². The van der Waals surface area contributed by atoms with Crippen molar-refractivity contribution in [1.82, 2.24) is 4.90 Å². The minimum absolute atomic E-state index is 0.167. The number of β-lactam (4-membered cyclic amide) rings is 1. The minimum atomic E-state index is -0.534.